The van der Waals surface area contributed by atoms with Crippen molar-refractivity contribution >= 4 is 47.5 Å². The molecule has 39 heavy (non-hydrogen) atoms. The van der Waals surface area contributed by atoms with Crippen LogP contribution in [-0.2, 0) is 0 Å². The number of carbonyl (C=O) groups is 1. The van der Waals surface area contributed by atoms with Crippen LogP contribution in [0, 0.1) is 13.8 Å². The quantitative estimate of drug-likeness (QED) is 0.417. The van der Waals surface area contributed by atoms with Gasteiger partial charge in [-0.3, -0.25) is 9.79 Å². The fourth-order valence-electron chi connectivity index (χ4n) is 5.56. The lowest BCUT2D eigenvalue weighted by molar-refractivity contribution is -0.918. The summed E-state index contributed by atoms with van der Waals surface area (Å²) in [5.41, 5.74) is 3.98. The van der Waals surface area contributed by atoms with Crippen LogP contribution in [0.25, 0.3) is 0 Å². The molecule has 1 amide bonds. The molecule has 3 heterocycles. The molecule has 0 radical (unpaired) electrons. The van der Waals surface area contributed by atoms with E-state index in [1.807, 2.05) is 62.3 Å². The summed E-state index contributed by atoms with van der Waals surface area (Å²) in [6, 6.07) is 11.8. The zero-order valence-electron chi connectivity index (χ0n) is 22.6. The highest BCUT2D eigenvalue weighted by molar-refractivity contribution is 6.42. The molecule has 2 atom stereocenters. The molecule has 2 unspecified atom stereocenters. The fourth-order valence-corrected chi connectivity index (χ4v) is 5.87. The van der Waals surface area contributed by atoms with E-state index in [2.05, 4.69) is 31.1 Å². The summed E-state index contributed by atoms with van der Waals surface area (Å²) in [7, 11) is 1.88. The number of hydrogen-bond donors (Lipinski definition) is 0. The highest BCUT2D eigenvalue weighted by Gasteiger charge is 2.45. The van der Waals surface area contributed by atoms with Gasteiger partial charge in [-0.2, -0.15) is 4.99 Å². The van der Waals surface area contributed by atoms with Gasteiger partial charge in [0.05, 0.1) is 29.3 Å². The Morgan fingerprint density at radius 1 is 1.05 bits per heavy atom. The van der Waals surface area contributed by atoms with Crippen LogP contribution in [0.15, 0.2) is 63.9 Å². The van der Waals surface area contributed by atoms with Crippen LogP contribution in [0.5, 0.6) is 0 Å². The maximum atomic E-state index is 13.3. The standard InChI is InChI=1S/C29H34Cl2N7O/c1-21-14-22(2)16-25(15-21)29(39)35(3)19-24(23-4-5-26(30)27(31)17-23)6-8-36-9-11-37(12-10-36)38-13-7-32-18-28(38)33-20-34-38/h4-5,7,13-18,20,24H,6,8-12,19H2,1-3H3/q+1. The first-order valence-electron chi connectivity index (χ1n) is 13.2. The van der Waals surface area contributed by atoms with Gasteiger partial charge in [0.2, 0.25) is 0 Å². The number of quaternary nitrogens is 1. The van der Waals surface area contributed by atoms with E-state index in [4.69, 9.17) is 23.2 Å². The van der Waals surface area contributed by atoms with Gasteiger partial charge in [-0.15, -0.1) is 5.01 Å². The third-order valence-corrected chi connectivity index (χ3v) is 8.34. The third kappa shape index (κ3) is 6.00. The van der Waals surface area contributed by atoms with Crippen LogP contribution in [-0.4, -0.2) is 90.1 Å². The van der Waals surface area contributed by atoms with E-state index in [1.54, 1.807) is 18.8 Å². The molecule has 0 aliphatic carbocycles. The summed E-state index contributed by atoms with van der Waals surface area (Å²) < 4.78 is 0.272. The number of likely N-dealkylation sites (N-methyl/N-ethyl adjacent to an activating group) is 1. The second kappa shape index (κ2) is 11.7. The molecule has 2 aromatic rings. The molecule has 8 nitrogen and oxygen atoms in total. The highest BCUT2D eigenvalue weighted by atomic mass is 35.5. The smallest absolute Gasteiger partial charge is 0.299 e. The lowest BCUT2D eigenvalue weighted by atomic mass is 9.94. The number of nitrogens with zero attached hydrogens (tertiary/aromatic N) is 7. The van der Waals surface area contributed by atoms with E-state index >= 15 is 0 Å². The lowest BCUT2D eigenvalue weighted by Crippen LogP contribution is -2.62. The van der Waals surface area contributed by atoms with E-state index in [-0.39, 0.29) is 16.5 Å². The van der Waals surface area contributed by atoms with E-state index in [0.717, 1.165) is 67.2 Å². The molecule has 0 aromatic heterocycles. The van der Waals surface area contributed by atoms with Crippen molar-refractivity contribution in [3.8, 4) is 0 Å². The van der Waals surface area contributed by atoms with Crippen molar-refractivity contribution in [2.45, 2.75) is 26.2 Å². The molecule has 0 bridgehead atoms. The predicted molar refractivity (Wildman–Crippen MR) is 159 cm³/mol. The number of hydrogen-bond acceptors (Lipinski definition) is 6. The second-order valence-electron chi connectivity index (χ2n) is 10.5. The number of amides is 1. The van der Waals surface area contributed by atoms with Crippen LogP contribution in [0.4, 0.5) is 0 Å². The van der Waals surface area contributed by atoms with Crippen LogP contribution in [0.3, 0.4) is 0 Å². The second-order valence-corrected chi connectivity index (χ2v) is 11.3. The SMILES string of the molecule is Cc1cc(C)cc(C(=O)N(C)CC(CCN2CCN([N+]34C=CN=CC3=NC=N4)CC2)c2ccc(Cl)c(Cl)c2)c1. The molecule has 0 spiro atoms. The maximum Gasteiger partial charge on any atom is 0.299 e. The monoisotopic (exact) mass is 566 g/mol. The average molecular weight is 568 g/mol. The van der Waals surface area contributed by atoms with Crippen LogP contribution < -0.4 is 0 Å². The number of amidine groups is 1. The van der Waals surface area contributed by atoms with Gasteiger partial charge >= 0.3 is 0 Å². The molecule has 1 saturated heterocycles. The maximum absolute atomic E-state index is 13.3. The van der Waals surface area contributed by atoms with Gasteiger partial charge in [-0.25, -0.2) is 0 Å². The van der Waals surface area contributed by atoms with Gasteiger partial charge in [0, 0.05) is 38.2 Å². The molecule has 10 heteroatoms. The molecular formula is C29H34Cl2N7O+. The van der Waals surface area contributed by atoms with Crippen molar-refractivity contribution in [3.05, 3.63) is 81.1 Å². The van der Waals surface area contributed by atoms with Crippen molar-refractivity contribution < 1.29 is 9.50 Å². The Bertz CT molecular complexity index is 1340. The number of fused-ring (bicyclic) bond motifs is 1. The highest BCUT2D eigenvalue weighted by Crippen LogP contribution is 2.30. The Hall–Kier alpha value is -2.88. The van der Waals surface area contributed by atoms with Gasteiger partial charge in [-0.05, 0) is 66.4 Å². The zero-order chi connectivity index (χ0) is 27.6. The summed E-state index contributed by atoms with van der Waals surface area (Å²) in [5.74, 6) is 0.959. The third-order valence-electron chi connectivity index (χ3n) is 7.60. The van der Waals surface area contributed by atoms with E-state index < -0.39 is 0 Å². The largest absolute Gasteiger partial charge is 0.341 e. The van der Waals surface area contributed by atoms with E-state index in [0.29, 0.717) is 16.6 Å². The van der Waals surface area contributed by atoms with Crippen molar-refractivity contribution in [1.29, 1.82) is 0 Å². The van der Waals surface area contributed by atoms with Gasteiger partial charge < -0.3 is 9.80 Å². The van der Waals surface area contributed by atoms with Crippen LogP contribution in [0.2, 0.25) is 10.0 Å². The van der Waals surface area contributed by atoms with Crippen molar-refractivity contribution in [2.24, 2.45) is 15.1 Å². The van der Waals surface area contributed by atoms with E-state index in [1.165, 1.54) is 0 Å². The normalized spacial score (nSPS) is 21.6. The van der Waals surface area contributed by atoms with Crippen LogP contribution in [0.1, 0.15) is 39.4 Å². The predicted octanol–water partition coefficient (Wildman–Crippen LogP) is 5.12. The van der Waals surface area contributed by atoms with Gasteiger partial charge in [0.1, 0.15) is 6.21 Å². The summed E-state index contributed by atoms with van der Waals surface area (Å²) in [5, 5.41) is 8.01. The number of aliphatic imine (C=N–C) groups is 2. The molecule has 3 aliphatic rings. The summed E-state index contributed by atoms with van der Waals surface area (Å²) >= 11 is 12.6. The molecule has 2 aromatic carbocycles. The summed E-state index contributed by atoms with van der Waals surface area (Å²) in [6.45, 7) is 9.08. The zero-order valence-corrected chi connectivity index (χ0v) is 24.1. The lowest BCUT2D eigenvalue weighted by Gasteiger charge is -2.40. The topological polar surface area (TPSA) is 63.9 Å². The average Bonchev–Trinajstić information content (AvgIpc) is 3.37. The minimum absolute atomic E-state index is 0.0242. The minimum Gasteiger partial charge on any atom is -0.341 e. The molecule has 0 N–H and O–H groups in total. The Balaban J connectivity index is 1.25. The Kier molecular flexibility index (Phi) is 8.30. The Morgan fingerprint density at radius 2 is 1.79 bits per heavy atom. The van der Waals surface area contributed by atoms with Gasteiger partial charge in [0.25, 0.3) is 11.7 Å². The van der Waals surface area contributed by atoms with E-state index in [9.17, 15) is 4.79 Å². The summed E-state index contributed by atoms with van der Waals surface area (Å²) in [4.78, 5) is 26.3. The Labute approximate surface area is 240 Å². The fraction of sp³-hybridized carbons (Fsp3) is 0.379. The van der Waals surface area contributed by atoms with Gasteiger partial charge in [-0.1, -0.05) is 46.5 Å². The Morgan fingerprint density at radius 3 is 2.51 bits per heavy atom. The van der Waals surface area contributed by atoms with Crippen molar-refractivity contribution in [2.75, 3.05) is 46.3 Å². The van der Waals surface area contributed by atoms with Crippen molar-refractivity contribution in [1.82, 2.24) is 14.8 Å². The number of aryl methyl sites for hydroxylation is 2. The van der Waals surface area contributed by atoms with Crippen LogP contribution >= 0.6 is 23.2 Å². The number of benzene rings is 2. The molecular weight excluding hydrogens is 533 g/mol. The van der Waals surface area contributed by atoms with Gasteiger partial charge in [0.15, 0.2) is 12.5 Å². The summed E-state index contributed by atoms with van der Waals surface area (Å²) in [6.07, 6.45) is 8.03. The molecule has 0 saturated carbocycles. The number of rotatable bonds is 8. The minimum atomic E-state index is 0.0242. The first-order valence-corrected chi connectivity index (χ1v) is 14.0. The van der Waals surface area contributed by atoms with Crippen molar-refractivity contribution in [3.63, 3.8) is 0 Å². The number of halogens is 2. The first-order chi connectivity index (χ1) is 18.7. The molecule has 3 aliphatic heterocycles. The molecule has 204 valence electrons. The number of piperazine rings is 1. The molecule has 1 fully saturated rings. The first kappa shape index (κ1) is 27.7. The number of carbonyl (C=O) groups excluding carboxylic acids is 1. The molecule has 5 rings (SSSR count).